The average Bonchev–Trinajstić information content (AvgIpc) is 2.79. The highest BCUT2D eigenvalue weighted by Crippen LogP contribution is 2.47. The molecule has 2 nitrogen and oxygen atoms in total. The highest BCUT2D eigenvalue weighted by molar-refractivity contribution is 5.52. The van der Waals surface area contributed by atoms with Crippen molar-refractivity contribution in [2.24, 2.45) is 11.3 Å². The molecule has 2 aromatic carbocycles. The summed E-state index contributed by atoms with van der Waals surface area (Å²) >= 11 is 0. The fourth-order valence-corrected chi connectivity index (χ4v) is 4.49. The lowest BCUT2D eigenvalue weighted by atomic mass is 9.64. The summed E-state index contributed by atoms with van der Waals surface area (Å²) in [5.41, 5.74) is 3.04. The van der Waals surface area contributed by atoms with Crippen LogP contribution in [0.2, 0.25) is 0 Å². The second-order valence-electron chi connectivity index (χ2n) is 8.17. The molecule has 1 aliphatic carbocycles. The minimum atomic E-state index is -1.15. The normalized spacial score (nSPS) is 17.6. The van der Waals surface area contributed by atoms with Gasteiger partial charge in [-0.3, -0.25) is 0 Å². The van der Waals surface area contributed by atoms with Crippen LogP contribution < -0.4 is 0 Å². The van der Waals surface area contributed by atoms with Gasteiger partial charge in [-0.05, 0) is 48.8 Å². The maximum Gasteiger partial charge on any atom is 0.168 e. The van der Waals surface area contributed by atoms with Crippen molar-refractivity contribution in [2.45, 2.75) is 38.5 Å². The number of benzene rings is 2. The molecule has 150 valence electrons. The van der Waals surface area contributed by atoms with Gasteiger partial charge in [-0.15, -0.1) is 6.58 Å². The van der Waals surface area contributed by atoms with E-state index in [1.807, 2.05) is 31.2 Å². The molecule has 0 spiro atoms. The smallest absolute Gasteiger partial charge is 0.168 e. The van der Waals surface area contributed by atoms with Crippen molar-refractivity contribution in [3.05, 3.63) is 102 Å². The van der Waals surface area contributed by atoms with Crippen molar-refractivity contribution in [3.63, 3.8) is 0 Å². The summed E-state index contributed by atoms with van der Waals surface area (Å²) in [5, 5.41) is 20.2. The van der Waals surface area contributed by atoms with Crippen LogP contribution >= 0.6 is 0 Å². The fraction of sp³-hybridized carbons (Fsp3) is 0.286. The number of nitriles is 2. The lowest BCUT2D eigenvalue weighted by molar-refractivity contribution is 0.402. The predicted octanol–water partition coefficient (Wildman–Crippen LogP) is 7.21. The van der Waals surface area contributed by atoms with Crippen LogP contribution in [0.15, 0.2) is 90.5 Å². The summed E-state index contributed by atoms with van der Waals surface area (Å²) in [7, 11) is 0. The summed E-state index contributed by atoms with van der Waals surface area (Å²) in [6, 6.07) is 25.4. The zero-order valence-corrected chi connectivity index (χ0v) is 17.6. The van der Waals surface area contributed by atoms with E-state index in [1.54, 1.807) is 0 Å². The maximum atomic E-state index is 10.1. The summed E-state index contributed by atoms with van der Waals surface area (Å²) in [4.78, 5) is 0. The molecule has 0 amide bonds. The van der Waals surface area contributed by atoms with Gasteiger partial charge in [-0.25, -0.2) is 0 Å². The van der Waals surface area contributed by atoms with Crippen LogP contribution in [0.4, 0.5) is 0 Å². The third kappa shape index (κ3) is 4.79. The van der Waals surface area contributed by atoms with E-state index in [2.05, 4.69) is 73.3 Å². The quantitative estimate of drug-likeness (QED) is 0.467. The van der Waals surface area contributed by atoms with Crippen molar-refractivity contribution in [2.75, 3.05) is 0 Å². The molecule has 0 radical (unpaired) electrons. The van der Waals surface area contributed by atoms with E-state index < -0.39 is 5.41 Å². The first-order chi connectivity index (χ1) is 14.6. The highest BCUT2D eigenvalue weighted by Gasteiger charge is 2.42. The van der Waals surface area contributed by atoms with Gasteiger partial charge in [0, 0.05) is 12.3 Å². The monoisotopic (exact) mass is 392 g/mol. The molecular weight excluding hydrogens is 364 g/mol. The van der Waals surface area contributed by atoms with Gasteiger partial charge in [0.15, 0.2) is 5.41 Å². The molecule has 0 saturated carbocycles. The SMILES string of the molecule is C=C(C)CC(C#N)(C#N)C1=CCCCC1C(/C=C/c1ccccc1)c1ccccc1. The summed E-state index contributed by atoms with van der Waals surface area (Å²) in [5.74, 6) is 0.212. The van der Waals surface area contributed by atoms with Crippen molar-refractivity contribution in [3.8, 4) is 12.1 Å². The third-order valence-electron chi connectivity index (χ3n) is 5.84. The largest absolute Gasteiger partial charge is 0.196 e. The Morgan fingerprint density at radius 1 is 1.10 bits per heavy atom. The molecule has 0 fully saturated rings. The minimum Gasteiger partial charge on any atom is -0.196 e. The number of nitrogens with zero attached hydrogens (tertiary/aromatic N) is 2. The summed E-state index contributed by atoms with van der Waals surface area (Å²) in [6.45, 7) is 5.89. The molecule has 2 aromatic rings. The van der Waals surface area contributed by atoms with Gasteiger partial charge in [-0.2, -0.15) is 10.5 Å². The van der Waals surface area contributed by atoms with Crippen molar-refractivity contribution >= 4 is 6.08 Å². The molecule has 0 saturated heterocycles. The second-order valence-corrected chi connectivity index (χ2v) is 8.17. The molecule has 0 aliphatic heterocycles. The van der Waals surface area contributed by atoms with Crippen LogP contribution in [-0.2, 0) is 0 Å². The van der Waals surface area contributed by atoms with Crippen LogP contribution in [0, 0.1) is 34.0 Å². The first kappa shape index (κ1) is 21.4. The Labute approximate surface area is 180 Å². The van der Waals surface area contributed by atoms with Crippen LogP contribution in [0.1, 0.15) is 49.7 Å². The van der Waals surface area contributed by atoms with E-state index in [1.165, 1.54) is 5.56 Å². The molecule has 30 heavy (non-hydrogen) atoms. The van der Waals surface area contributed by atoms with E-state index in [-0.39, 0.29) is 11.8 Å². The number of hydrogen-bond acceptors (Lipinski definition) is 2. The van der Waals surface area contributed by atoms with E-state index in [9.17, 15) is 10.5 Å². The minimum absolute atomic E-state index is 0.101. The summed E-state index contributed by atoms with van der Waals surface area (Å²) < 4.78 is 0. The number of hydrogen-bond donors (Lipinski definition) is 0. The lowest BCUT2D eigenvalue weighted by Crippen LogP contribution is -2.30. The van der Waals surface area contributed by atoms with Gasteiger partial charge in [0.05, 0.1) is 12.1 Å². The second kappa shape index (κ2) is 9.91. The van der Waals surface area contributed by atoms with Crippen molar-refractivity contribution in [1.82, 2.24) is 0 Å². The lowest BCUT2D eigenvalue weighted by Gasteiger charge is -2.36. The Balaban J connectivity index is 2.07. The zero-order valence-electron chi connectivity index (χ0n) is 17.6. The van der Waals surface area contributed by atoms with Crippen LogP contribution in [0.25, 0.3) is 6.08 Å². The molecule has 2 heteroatoms. The molecule has 0 heterocycles. The van der Waals surface area contributed by atoms with Gasteiger partial charge >= 0.3 is 0 Å². The zero-order chi connectivity index (χ0) is 21.4. The van der Waals surface area contributed by atoms with Crippen LogP contribution in [-0.4, -0.2) is 0 Å². The van der Waals surface area contributed by atoms with Crippen LogP contribution in [0.3, 0.4) is 0 Å². The van der Waals surface area contributed by atoms with Crippen LogP contribution in [0.5, 0.6) is 0 Å². The third-order valence-corrected chi connectivity index (χ3v) is 5.84. The standard InChI is InChI=1S/C28H28N2/c1-22(2)19-28(20-29,21-30)27-16-10-9-15-26(27)25(24-13-7-4-8-14-24)18-17-23-11-5-3-6-12-23/h3-8,11-14,16-18,25-26H,1,9-10,15,19H2,2H3/b18-17+. The molecular formula is C28H28N2. The Bertz CT molecular complexity index is 986. The maximum absolute atomic E-state index is 10.1. The molecule has 0 N–H and O–H groups in total. The first-order valence-electron chi connectivity index (χ1n) is 10.6. The van der Waals surface area contributed by atoms with Crippen molar-refractivity contribution < 1.29 is 0 Å². The Morgan fingerprint density at radius 2 is 1.73 bits per heavy atom. The molecule has 1 aliphatic rings. The van der Waals surface area contributed by atoms with E-state index in [4.69, 9.17) is 0 Å². The Morgan fingerprint density at radius 3 is 2.33 bits per heavy atom. The molecule has 2 atom stereocenters. The molecule has 0 bridgehead atoms. The Kier molecular flexibility index (Phi) is 7.05. The van der Waals surface area contributed by atoms with Gasteiger partial charge in [-0.1, -0.05) is 84.5 Å². The van der Waals surface area contributed by atoms with Gasteiger partial charge in [0.25, 0.3) is 0 Å². The molecule has 3 rings (SSSR count). The number of allylic oxidation sites excluding steroid dienone is 4. The Hall–Kier alpha value is -3.36. The predicted molar refractivity (Wildman–Crippen MR) is 123 cm³/mol. The molecule has 0 aromatic heterocycles. The van der Waals surface area contributed by atoms with Gasteiger partial charge in [0.1, 0.15) is 0 Å². The van der Waals surface area contributed by atoms with Gasteiger partial charge < -0.3 is 0 Å². The summed E-state index contributed by atoms with van der Waals surface area (Å²) in [6.07, 6.45) is 9.87. The average molecular weight is 393 g/mol. The van der Waals surface area contributed by atoms with E-state index in [0.717, 1.165) is 36.0 Å². The topological polar surface area (TPSA) is 47.6 Å². The highest BCUT2D eigenvalue weighted by atomic mass is 14.5. The molecule has 2 unspecified atom stereocenters. The van der Waals surface area contributed by atoms with E-state index >= 15 is 0 Å². The van der Waals surface area contributed by atoms with Crippen molar-refractivity contribution in [1.29, 1.82) is 10.5 Å². The first-order valence-corrected chi connectivity index (χ1v) is 10.6. The van der Waals surface area contributed by atoms with Gasteiger partial charge in [0.2, 0.25) is 0 Å². The fourth-order valence-electron chi connectivity index (χ4n) is 4.49. The van der Waals surface area contributed by atoms with E-state index in [0.29, 0.717) is 6.42 Å². The number of rotatable bonds is 7.